The van der Waals surface area contributed by atoms with Gasteiger partial charge in [-0.05, 0) is 25.1 Å². The summed E-state index contributed by atoms with van der Waals surface area (Å²) in [5.74, 6) is 0.797. The summed E-state index contributed by atoms with van der Waals surface area (Å²) < 4.78 is 6.21. The van der Waals surface area contributed by atoms with Gasteiger partial charge in [-0.15, -0.1) is 0 Å². The van der Waals surface area contributed by atoms with E-state index in [0.29, 0.717) is 6.61 Å². The number of hydrogen-bond donors (Lipinski definition) is 0. The van der Waals surface area contributed by atoms with Crippen LogP contribution < -0.4 is 4.74 Å². The molecule has 0 fully saturated rings. The molecule has 1 nitrogen and oxygen atoms in total. The van der Waals surface area contributed by atoms with Gasteiger partial charge in [0.15, 0.2) is 0 Å². The van der Waals surface area contributed by atoms with E-state index in [4.69, 9.17) is 4.74 Å². The second-order valence-electron chi connectivity index (χ2n) is 1.80. The molecule has 0 aromatic heterocycles. The quantitative estimate of drug-likeness (QED) is 0.712. The summed E-state index contributed by atoms with van der Waals surface area (Å²) in [6.45, 7) is 2.65. The first-order valence-corrected chi connectivity index (χ1v) is 3.92. The van der Waals surface area contributed by atoms with Gasteiger partial charge in [-0.25, -0.2) is 0 Å². The molecule has 0 bridgehead atoms. The lowest BCUT2D eigenvalue weighted by atomic mass is 10.3. The van der Waals surface area contributed by atoms with Crippen molar-refractivity contribution in [3.63, 3.8) is 0 Å². The van der Waals surface area contributed by atoms with E-state index >= 15 is 0 Å². The molecule has 1 rings (SSSR count). The first kappa shape index (κ1) is 7.61. The van der Waals surface area contributed by atoms with Crippen LogP contribution in [0.4, 0.5) is 0 Å². The van der Waals surface area contributed by atoms with Crippen LogP contribution in [-0.2, 0) is 0 Å². The lowest BCUT2D eigenvalue weighted by molar-refractivity contribution is 0.339. The van der Waals surface area contributed by atoms with Crippen LogP contribution in [0, 0.1) is 6.07 Å². The Bertz CT molecular complexity index is 193. The van der Waals surface area contributed by atoms with Crippen molar-refractivity contribution in [3.05, 3.63) is 28.7 Å². The molecule has 0 spiro atoms. The molecule has 1 aromatic carbocycles. The summed E-state index contributed by atoms with van der Waals surface area (Å²) in [4.78, 5) is 0. The van der Waals surface area contributed by atoms with Gasteiger partial charge in [0.1, 0.15) is 5.75 Å². The second-order valence-corrected chi connectivity index (χ2v) is 2.72. The Morgan fingerprint density at radius 2 is 2.40 bits per heavy atom. The molecule has 1 radical (unpaired) electrons. The predicted octanol–water partition coefficient (Wildman–Crippen LogP) is 2.65. The summed E-state index contributed by atoms with van der Waals surface area (Å²) in [6, 6.07) is 8.62. The van der Waals surface area contributed by atoms with Crippen LogP contribution in [0.1, 0.15) is 6.92 Å². The van der Waals surface area contributed by atoms with Crippen LogP contribution in [0.5, 0.6) is 5.75 Å². The molecule has 0 aliphatic rings. The monoisotopic (exact) mass is 199 g/mol. The zero-order valence-corrected chi connectivity index (χ0v) is 7.31. The van der Waals surface area contributed by atoms with Crippen molar-refractivity contribution < 1.29 is 4.74 Å². The molecule has 0 heterocycles. The topological polar surface area (TPSA) is 9.23 Å². The SMILES string of the molecule is CCOc1[c]cc(Br)cc1. The molecule has 10 heavy (non-hydrogen) atoms. The van der Waals surface area contributed by atoms with Crippen LogP contribution in [-0.4, -0.2) is 6.61 Å². The Kier molecular flexibility index (Phi) is 2.75. The van der Waals surface area contributed by atoms with Crippen molar-refractivity contribution in [2.45, 2.75) is 6.92 Å². The molecular weight excluding hydrogens is 192 g/mol. The van der Waals surface area contributed by atoms with Gasteiger partial charge in [0, 0.05) is 10.5 Å². The van der Waals surface area contributed by atoms with E-state index in [0.717, 1.165) is 10.2 Å². The summed E-state index contributed by atoms with van der Waals surface area (Å²) in [6.07, 6.45) is 0. The Hall–Kier alpha value is -0.500. The maximum absolute atomic E-state index is 5.18. The second kappa shape index (κ2) is 3.62. The molecule has 0 N–H and O–H groups in total. The number of ether oxygens (including phenoxy) is 1. The van der Waals surface area contributed by atoms with Crippen molar-refractivity contribution in [3.8, 4) is 5.75 Å². The summed E-state index contributed by atoms with van der Waals surface area (Å²) >= 11 is 3.31. The molecule has 0 aliphatic heterocycles. The van der Waals surface area contributed by atoms with Crippen LogP contribution in [0.3, 0.4) is 0 Å². The minimum Gasteiger partial charge on any atom is -0.493 e. The van der Waals surface area contributed by atoms with Gasteiger partial charge in [0.05, 0.1) is 6.61 Å². The fraction of sp³-hybridized carbons (Fsp3) is 0.250. The van der Waals surface area contributed by atoms with Gasteiger partial charge in [-0.2, -0.15) is 0 Å². The minimum absolute atomic E-state index is 0.693. The third-order valence-electron chi connectivity index (χ3n) is 1.05. The standard InChI is InChI=1S/C8H8BrO/c1-2-10-8-5-3-7(9)4-6-8/h3-5H,2H2,1H3. The van der Waals surface area contributed by atoms with Crippen LogP contribution in [0.15, 0.2) is 22.7 Å². The molecule has 0 aliphatic carbocycles. The van der Waals surface area contributed by atoms with Gasteiger partial charge in [0.25, 0.3) is 0 Å². The zero-order valence-electron chi connectivity index (χ0n) is 5.73. The highest BCUT2D eigenvalue weighted by molar-refractivity contribution is 9.10. The average molecular weight is 200 g/mol. The fourth-order valence-electron chi connectivity index (χ4n) is 0.637. The summed E-state index contributed by atoms with van der Waals surface area (Å²) in [5, 5.41) is 0. The van der Waals surface area contributed by atoms with Gasteiger partial charge in [0.2, 0.25) is 0 Å². The predicted molar refractivity (Wildman–Crippen MR) is 44.1 cm³/mol. The van der Waals surface area contributed by atoms with Crippen LogP contribution in [0.2, 0.25) is 0 Å². The minimum atomic E-state index is 0.693. The van der Waals surface area contributed by atoms with Crippen molar-refractivity contribution in [2.24, 2.45) is 0 Å². The third kappa shape index (κ3) is 2.03. The van der Waals surface area contributed by atoms with E-state index in [-0.39, 0.29) is 0 Å². The van der Waals surface area contributed by atoms with Crippen LogP contribution in [0.25, 0.3) is 0 Å². The van der Waals surface area contributed by atoms with Crippen molar-refractivity contribution in [2.75, 3.05) is 6.61 Å². The Balaban J connectivity index is 2.69. The first-order chi connectivity index (χ1) is 4.83. The smallest absolute Gasteiger partial charge is 0.127 e. The van der Waals surface area contributed by atoms with E-state index < -0.39 is 0 Å². The zero-order chi connectivity index (χ0) is 7.40. The lowest BCUT2D eigenvalue weighted by Crippen LogP contribution is -1.90. The average Bonchev–Trinajstić information content (AvgIpc) is 1.95. The van der Waals surface area contributed by atoms with Crippen molar-refractivity contribution >= 4 is 15.9 Å². The Labute approximate surface area is 69.1 Å². The number of hydrogen-bond acceptors (Lipinski definition) is 1. The van der Waals surface area contributed by atoms with Crippen molar-refractivity contribution in [1.29, 1.82) is 0 Å². The van der Waals surface area contributed by atoms with Gasteiger partial charge < -0.3 is 4.74 Å². The molecule has 0 saturated carbocycles. The molecule has 0 amide bonds. The van der Waals surface area contributed by atoms with E-state index in [2.05, 4.69) is 22.0 Å². The number of benzene rings is 1. The Morgan fingerprint density at radius 1 is 1.60 bits per heavy atom. The highest BCUT2D eigenvalue weighted by Gasteiger charge is 1.89. The van der Waals surface area contributed by atoms with Crippen molar-refractivity contribution in [1.82, 2.24) is 0 Å². The van der Waals surface area contributed by atoms with E-state index in [1.165, 1.54) is 0 Å². The van der Waals surface area contributed by atoms with E-state index in [9.17, 15) is 0 Å². The first-order valence-electron chi connectivity index (χ1n) is 3.13. The molecule has 1 aromatic rings. The third-order valence-corrected chi connectivity index (χ3v) is 1.54. The molecule has 0 atom stereocenters. The lowest BCUT2D eigenvalue weighted by Gasteiger charge is -1.99. The highest BCUT2D eigenvalue weighted by atomic mass is 79.9. The molecule has 0 unspecified atom stereocenters. The molecular formula is C8H8BrO. The largest absolute Gasteiger partial charge is 0.493 e. The fourth-order valence-corrected chi connectivity index (χ4v) is 0.884. The van der Waals surface area contributed by atoms with Gasteiger partial charge in [-0.3, -0.25) is 0 Å². The maximum Gasteiger partial charge on any atom is 0.127 e. The number of halogens is 1. The Morgan fingerprint density at radius 3 is 2.90 bits per heavy atom. The molecule has 0 saturated heterocycles. The molecule has 2 heteroatoms. The normalized spacial score (nSPS) is 9.40. The van der Waals surface area contributed by atoms with Gasteiger partial charge in [-0.1, -0.05) is 15.9 Å². The number of rotatable bonds is 2. The summed E-state index contributed by atoms with van der Waals surface area (Å²) in [7, 11) is 0. The highest BCUT2D eigenvalue weighted by Crippen LogP contribution is 2.14. The van der Waals surface area contributed by atoms with E-state index in [1.807, 2.05) is 25.1 Å². The summed E-state index contributed by atoms with van der Waals surface area (Å²) in [5.41, 5.74) is 0. The molecule has 53 valence electrons. The maximum atomic E-state index is 5.18. The van der Waals surface area contributed by atoms with E-state index in [1.54, 1.807) is 0 Å². The van der Waals surface area contributed by atoms with Crippen LogP contribution >= 0.6 is 15.9 Å². The van der Waals surface area contributed by atoms with Gasteiger partial charge >= 0.3 is 0 Å².